The van der Waals surface area contributed by atoms with Crippen molar-refractivity contribution in [2.45, 2.75) is 168 Å². The molecule has 0 saturated carbocycles. The van der Waals surface area contributed by atoms with Gasteiger partial charge in [0.2, 0.25) is 0 Å². The first-order valence-electron chi connectivity index (χ1n) is 32.0. The third-order valence-corrected chi connectivity index (χ3v) is 16.0. The van der Waals surface area contributed by atoms with E-state index in [1.807, 2.05) is 212 Å². The molecule has 2 fully saturated rings. The van der Waals surface area contributed by atoms with E-state index in [-0.39, 0.29) is 59.5 Å². The molecule has 10 rings (SSSR count). The molecule has 0 aliphatic carbocycles. The zero-order valence-electron chi connectivity index (χ0n) is 54.0. The molecule has 492 valence electrons. The highest BCUT2D eigenvalue weighted by Crippen LogP contribution is 2.38. The van der Waals surface area contributed by atoms with Crippen molar-refractivity contribution in [2.24, 2.45) is 10.8 Å². The van der Waals surface area contributed by atoms with Gasteiger partial charge in [0.05, 0.1) is 83.2 Å². The molecule has 7 aromatic rings. The Balaban J connectivity index is 1.05. The van der Waals surface area contributed by atoms with Crippen LogP contribution in [0.3, 0.4) is 0 Å². The van der Waals surface area contributed by atoms with Crippen LogP contribution in [0, 0.1) is 10.8 Å². The average Bonchev–Trinajstić information content (AvgIpc) is 0.901. The summed E-state index contributed by atoms with van der Waals surface area (Å²) < 4.78 is 96.5. The maximum atomic E-state index is 14.6. The van der Waals surface area contributed by atoms with Crippen LogP contribution in [0.25, 0.3) is 0 Å². The van der Waals surface area contributed by atoms with Gasteiger partial charge in [-0.25, -0.2) is 0 Å². The van der Waals surface area contributed by atoms with Crippen molar-refractivity contribution < 1.29 is 75.9 Å². The fraction of sp³-hybridized carbons (Fsp3) is 0.403. The molecule has 3 aliphatic rings. The first-order valence-corrected chi connectivity index (χ1v) is 32.0. The Hall–Kier alpha value is -7.42. The van der Waals surface area contributed by atoms with Gasteiger partial charge in [0.1, 0.15) is 48.8 Å². The highest BCUT2D eigenvalue weighted by atomic mass is 16.8. The minimum Gasteiger partial charge on any atom is -0.493 e. The predicted octanol–water partition coefficient (Wildman–Crippen LogP) is 13.0. The average molecular weight is 1270 g/mol. The van der Waals surface area contributed by atoms with Gasteiger partial charge < -0.3 is 66.3 Å². The van der Waals surface area contributed by atoms with Gasteiger partial charge >= 0.3 is 11.9 Å². The molecule has 0 spiro atoms. The number of hydrogen-bond acceptors (Lipinski definition) is 16. The Morgan fingerprint density at radius 3 is 1.02 bits per heavy atom. The summed E-state index contributed by atoms with van der Waals surface area (Å²) in [6.45, 7) is 11.7. The molecule has 16 nitrogen and oxygen atoms in total. The topological polar surface area (TPSA) is 163 Å². The second-order valence-electron chi connectivity index (χ2n) is 25.6. The van der Waals surface area contributed by atoms with Crippen LogP contribution in [0.1, 0.15) is 80.5 Å². The number of esters is 2. The van der Waals surface area contributed by atoms with Crippen molar-refractivity contribution in [2.75, 3.05) is 19.8 Å². The third kappa shape index (κ3) is 20.3. The number of benzene rings is 7. The largest absolute Gasteiger partial charge is 0.493 e. The van der Waals surface area contributed by atoms with Gasteiger partial charge in [-0.05, 0) is 86.6 Å². The standard InChI is InChI=1S/C77H88O16/c1-76(2,3)74(78)92-70-68(86-49-59-38-24-12-25-39-59)66(84-47-57-34-20-10-21-35-57)63(52-81-45-55-30-16-8-17-31-55)89-72(70)88-53-64-67(85-48-58-36-22-11-23-37-58)69(87-50-60-40-26-13-27-41-60)71(93-75(79)77(4,5)6)73(90-64)91-65-61(83-46-56-32-18-9-19-33-56)42-43-82-62(65)51-80-44-54-28-14-7-15-29-54/h7-43,61-73H,44-53H2,1-6H3/t61-,62-,63-,64-,65+,66-,67-,68+,69+,70-,71+,72-,73-/m1/s1. The van der Waals surface area contributed by atoms with Crippen molar-refractivity contribution in [1.82, 2.24) is 0 Å². The normalized spacial score (nSPS) is 24.8. The summed E-state index contributed by atoms with van der Waals surface area (Å²) in [4.78, 5) is 29.2. The van der Waals surface area contributed by atoms with Crippen molar-refractivity contribution in [3.8, 4) is 0 Å². The second-order valence-corrected chi connectivity index (χ2v) is 25.6. The monoisotopic (exact) mass is 1270 g/mol. The van der Waals surface area contributed by atoms with Gasteiger partial charge in [0, 0.05) is 0 Å². The molecule has 13 atom stereocenters. The number of carbonyl (C=O) groups excluding carboxylic acids is 2. The van der Waals surface area contributed by atoms with E-state index in [9.17, 15) is 9.59 Å². The lowest BCUT2D eigenvalue weighted by Gasteiger charge is -2.49. The number of hydrogen-bond donors (Lipinski definition) is 0. The van der Waals surface area contributed by atoms with Gasteiger partial charge in [-0.3, -0.25) is 9.59 Å². The zero-order chi connectivity index (χ0) is 64.8. The number of rotatable bonds is 30. The molecule has 7 aromatic carbocycles. The lowest BCUT2D eigenvalue weighted by molar-refractivity contribution is -0.356. The minimum atomic E-state index is -1.42. The van der Waals surface area contributed by atoms with Crippen LogP contribution in [0.5, 0.6) is 0 Å². The summed E-state index contributed by atoms with van der Waals surface area (Å²) in [5.41, 5.74) is 4.37. The van der Waals surface area contributed by atoms with Crippen molar-refractivity contribution in [3.63, 3.8) is 0 Å². The van der Waals surface area contributed by atoms with E-state index in [0.29, 0.717) is 6.61 Å². The quantitative estimate of drug-likeness (QED) is 0.0390. The van der Waals surface area contributed by atoms with Crippen LogP contribution < -0.4 is 0 Å². The van der Waals surface area contributed by atoms with Gasteiger partial charge in [0.15, 0.2) is 30.9 Å². The molecule has 0 bridgehead atoms. The summed E-state index contributed by atoms with van der Waals surface area (Å²) in [7, 11) is 0. The smallest absolute Gasteiger partial charge is 0.311 e. The van der Waals surface area contributed by atoms with Crippen LogP contribution in [-0.4, -0.2) is 111 Å². The van der Waals surface area contributed by atoms with Crippen LogP contribution >= 0.6 is 0 Å². The fourth-order valence-electron chi connectivity index (χ4n) is 10.9. The molecule has 0 unspecified atom stereocenters. The minimum absolute atomic E-state index is 0.0237. The third-order valence-electron chi connectivity index (χ3n) is 16.0. The van der Waals surface area contributed by atoms with Crippen LogP contribution in [-0.2, 0) is 122 Å². The Morgan fingerprint density at radius 1 is 0.333 bits per heavy atom. The summed E-state index contributed by atoms with van der Waals surface area (Å²) in [6, 6.07) is 68.5. The maximum Gasteiger partial charge on any atom is 0.311 e. The van der Waals surface area contributed by atoms with E-state index in [1.165, 1.54) is 0 Å². The van der Waals surface area contributed by atoms with E-state index >= 15 is 0 Å². The molecule has 0 radical (unpaired) electrons. The van der Waals surface area contributed by atoms with Crippen LogP contribution in [0.4, 0.5) is 0 Å². The Bertz CT molecular complexity index is 3310. The molecular formula is C77H88O16. The lowest BCUT2D eigenvalue weighted by Crippen LogP contribution is -2.65. The van der Waals surface area contributed by atoms with Gasteiger partial charge in [-0.1, -0.05) is 212 Å². The fourth-order valence-corrected chi connectivity index (χ4v) is 10.9. The van der Waals surface area contributed by atoms with Crippen LogP contribution in [0.2, 0.25) is 0 Å². The first-order chi connectivity index (χ1) is 45.2. The molecule has 93 heavy (non-hydrogen) atoms. The Labute approximate surface area is 547 Å². The molecule has 3 aliphatic heterocycles. The SMILES string of the molecule is CC(C)(C)C(=O)O[C@@H]1[C@@H](O[C@H]2[C@H](OCc3ccccc3)C=CO[C@@H]2COCc2ccccc2)O[C@H](CO[C@@H]2O[C@H](COCc3ccccc3)[C@@H](OCc3ccccc3)[C@H](OCc3ccccc3)[C@H]2OC(=O)C(C)(C)C)[C@@H](OCc2ccccc2)[C@@H]1OCc1ccccc1. The Kier molecular flexibility index (Phi) is 25.1. The van der Waals surface area contributed by atoms with E-state index in [1.54, 1.807) is 53.9 Å². The van der Waals surface area contributed by atoms with E-state index in [4.69, 9.17) is 66.3 Å². The van der Waals surface area contributed by atoms with Crippen molar-refractivity contribution in [3.05, 3.63) is 264 Å². The molecule has 0 amide bonds. The summed E-state index contributed by atoms with van der Waals surface area (Å²) in [5, 5.41) is 0. The lowest BCUT2D eigenvalue weighted by atomic mass is 9.94. The zero-order valence-corrected chi connectivity index (χ0v) is 54.0. The summed E-state index contributed by atoms with van der Waals surface area (Å²) in [6.07, 6.45) is -10.4. The number of ether oxygens (including phenoxy) is 14. The Morgan fingerprint density at radius 2 is 0.645 bits per heavy atom. The molecule has 3 heterocycles. The second kappa shape index (κ2) is 34.1. The van der Waals surface area contributed by atoms with E-state index in [0.717, 1.165) is 38.9 Å². The predicted molar refractivity (Wildman–Crippen MR) is 348 cm³/mol. The van der Waals surface area contributed by atoms with Gasteiger partial charge in [0.25, 0.3) is 0 Å². The van der Waals surface area contributed by atoms with Crippen LogP contribution in [0.15, 0.2) is 225 Å². The summed E-state index contributed by atoms with van der Waals surface area (Å²) >= 11 is 0. The molecule has 0 N–H and O–H groups in total. The highest BCUT2D eigenvalue weighted by Gasteiger charge is 2.55. The van der Waals surface area contributed by atoms with Gasteiger partial charge in [-0.2, -0.15) is 0 Å². The molecule has 0 aromatic heterocycles. The van der Waals surface area contributed by atoms with Crippen molar-refractivity contribution in [1.29, 1.82) is 0 Å². The first kappa shape index (κ1) is 68.4. The van der Waals surface area contributed by atoms with E-state index in [2.05, 4.69) is 0 Å². The van der Waals surface area contributed by atoms with E-state index < -0.39 is 102 Å². The van der Waals surface area contributed by atoms with Gasteiger partial charge in [-0.15, -0.1) is 0 Å². The summed E-state index contributed by atoms with van der Waals surface area (Å²) in [5.74, 6) is -1.07. The highest BCUT2D eigenvalue weighted by molar-refractivity contribution is 5.76. The molecule has 2 saturated heterocycles. The molecule has 16 heteroatoms. The maximum absolute atomic E-state index is 14.6. The number of carbonyl (C=O) groups is 2. The van der Waals surface area contributed by atoms with Crippen molar-refractivity contribution >= 4 is 11.9 Å². The molecular weight excluding hydrogens is 1180 g/mol.